The van der Waals surface area contributed by atoms with Crippen molar-refractivity contribution in [2.75, 3.05) is 88.2 Å². The highest BCUT2D eigenvalue weighted by Crippen LogP contribution is 2.44. The molecular formula is C47H56ClN8O7PS2. The van der Waals surface area contributed by atoms with Crippen LogP contribution in [0.15, 0.2) is 105 Å². The molecule has 2 aromatic heterocycles. The van der Waals surface area contributed by atoms with E-state index >= 15 is 0 Å². The van der Waals surface area contributed by atoms with Crippen LogP contribution in [0.2, 0.25) is 5.02 Å². The average Bonchev–Trinajstić information content (AvgIpc) is 3.76. The number of nitrogens with zero attached hydrogens (tertiary/aromatic N) is 5. The maximum Gasteiger partial charge on any atom is 0.293 e. The number of amides is 1. The summed E-state index contributed by atoms with van der Waals surface area (Å²) in [7, 11) is -6.79. The zero-order valence-electron chi connectivity index (χ0n) is 37.3. The number of fused-ring (bicyclic) bond motifs is 1. The van der Waals surface area contributed by atoms with Gasteiger partial charge in [-0.05, 0) is 97.1 Å². The van der Waals surface area contributed by atoms with Crippen molar-refractivity contribution in [3.63, 3.8) is 0 Å². The minimum absolute atomic E-state index is 0.0170. The number of aromatic amines is 1. The van der Waals surface area contributed by atoms with Gasteiger partial charge in [0.2, 0.25) is 0 Å². The van der Waals surface area contributed by atoms with Crippen molar-refractivity contribution in [2.45, 2.75) is 53.8 Å². The lowest BCUT2D eigenvalue weighted by atomic mass is 9.72. The van der Waals surface area contributed by atoms with E-state index in [0.29, 0.717) is 42.5 Å². The first kappa shape index (κ1) is 47.7. The molecule has 1 amide bonds. The number of anilines is 2. The van der Waals surface area contributed by atoms with Gasteiger partial charge in [0.15, 0.2) is 0 Å². The molecule has 5 aromatic rings. The van der Waals surface area contributed by atoms with Gasteiger partial charge in [0, 0.05) is 109 Å². The molecule has 2 fully saturated rings. The third-order valence-electron chi connectivity index (χ3n) is 12.9. The maximum absolute atomic E-state index is 14.1. The number of aromatic nitrogens is 2. The SMILES string of the molecule is CC1(C)CCC(CN2CCN(c3ccc(C(=O)NS(=O)(=O)c4ccc(NC(CO)CN5CCP(C)(=O)CC5)c([N+](=O)[O-])c4)c(Sc4cnc5[nH]ccc5c4)c3)CC2)=C(c2ccc(Cl)cc2)C1. The largest absolute Gasteiger partial charge is 0.394 e. The van der Waals surface area contributed by atoms with Crippen LogP contribution in [0.25, 0.3) is 16.6 Å². The van der Waals surface area contributed by atoms with Crippen LogP contribution < -0.4 is 14.9 Å². The summed E-state index contributed by atoms with van der Waals surface area (Å²) < 4.78 is 42.3. The number of H-pyrrole nitrogens is 1. The minimum Gasteiger partial charge on any atom is -0.394 e. The van der Waals surface area contributed by atoms with Crippen LogP contribution in [0.5, 0.6) is 0 Å². The summed E-state index contributed by atoms with van der Waals surface area (Å²) in [5.41, 5.74) is 5.52. The Kier molecular flexibility index (Phi) is 14.4. The summed E-state index contributed by atoms with van der Waals surface area (Å²) >= 11 is 7.54. The van der Waals surface area contributed by atoms with Crippen molar-refractivity contribution in [3.8, 4) is 0 Å². The van der Waals surface area contributed by atoms with Gasteiger partial charge in [-0.3, -0.25) is 19.8 Å². The van der Waals surface area contributed by atoms with Gasteiger partial charge < -0.3 is 29.8 Å². The van der Waals surface area contributed by atoms with Crippen LogP contribution >= 0.6 is 30.5 Å². The van der Waals surface area contributed by atoms with Gasteiger partial charge in [0.1, 0.15) is 11.3 Å². The third-order valence-corrected chi connectivity index (χ3v) is 17.8. The Labute approximate surface area is 394 Å². The number of pyridine rings is 1. The molecule has 4 N–H and O–H groups in total. The molecule has 2 saturated heterocycles. The normalized spacial score (nSPS) is 18.6. The second kappa shape index (κ2) is 19.8. The number of aliphatic hydroxyl groups excluding tert-OH is 1. The lowest BCUT2D eigenvalue weighted by molar-refractivity contribution is -0.384. The fraction of sp³-hybridized carbons (Fsp3) is 0.404. The lowest BCUT2D eigenvalue weighted by Crippen LogP contribution is -2.47. The van der Waals surface area contributed by atoms with Gasteiger partial charge in [-0.25, -0.2) is 18.1 Å². The molecule has 350 valence electrons. The molecule has 8 rings (SSSR count). The van der Waals surface area contributed by atoms with Crippen molar-refractivity contribution in [1.29, 1.82) is 0 Å². The minimum atomic E-state index is -4.61. The number of carbonyl (C=O) groups is 1. The maximum atomic E-state index is 14.1. The predicted octanol–water partition coefficient (Wildman–Crippen LogP) is 8.26. The number of aliphatic hydroxyl groups is 1. The number of nitro benzene ring substituents is 1. The molecule has 0 radical (unpaired) electrons. The number of halogens is 1. The molecule has 66 heavy (non-hydrogen) atoms. The number of nitrogens with one attached hydrogen (secondary N) is 3. The fourth-order valence-corrected chi connectivity index (χ4v) is 12.7. The number of hydrogen-bond donors (Lipinski definition) is 4. The van der Waals surface area contributed by atoms with E-state index in [1.165, 1.54) is 40.6 Å². The Morgan fingerprint density at radius 2 is 1.76 bits per heavy atom. The van der Waals surface area contributed by atoms with Crippen LogP contribution in [0.3, 0.4) is 0 Å². The first-order valence-corrected chi connectivity index (χ1v) is 27.3. The summed E-state index contributed by atoms with van der Waals surface area (Å²) in [6.07, 6.45) is 7.78. The van der Waals surface area contributed by atoms with E-state index in [2.05, 4.69) is 55.8 Å². The molecule has 1 aliphatic carbocycles. The first-order valence-electron chi connectivity index (χ1n) is 22.1. The zero-order valence-corrected chi connectivity index (χ0v) is 40.6. The highest BCUT2D eigenvalue weighted by atomic mass is 35.5. The molecule has 0 spiro atoms. The summed E-state index contributed by atoms with van der Waals surface area (Å²) in [5, 5.41) is 27.0. The number of piperazine rings is 1. The van der Waals surface area contributed by atoms with E-state index in [9.17, 15) is 33.0 Å². The van der Waals surface area contributed by atoms with Gasteiger partial charge in [-0.15, -0.1) is 0 Å². The number of hydrogen-bond acceptors (Lipinski definition) is 13. The summed E-state index contributed by atoms with van der Waals surface area (Å²) in [6.45, 7) is 11.7. The van der Waals surface area contributed by atoms with Crippen molar-refractivity contribution in [2.24, 2.45) is 5.41 Å². The molecule has 4 heterocycles. The quantitative estimate of drug-likeness (QED) is 0.0446. The topological polar surface area (TPSA) is 194 Å². The average molecular weight is 976 g/mol. The van der Waals surface area contributed by atoms with Crippen molar-refractivity contribution >= 4 is 80.1 Å². The van der Waals surface area contributed by atoms with E-state index in [4.69, 9.17) is 11.6 Å². The fourth-order valence-electron chi connectivity index (χ4n) is 8.96. The number of benzene rings is 3. The predicted molar refractivity (Wildman–Crippen MR) is 263 cm³/mol. The lowest BCUT2D eigenvalue weighted by Gasteiger charge is -2.39. The Bertz CT molecular complexity index is 2800. The van der Waals surface area contributed by atoms with Crippen molar-refractivity contribution in [3.05, 3.63) is 117 Å². The third kappa shape index (κ3) is 11.5. The van der Waals surface area contributed by atoms with Crippen LogP contribution in [0.4, 0.5) is 17.1 Å². The second-order valence-corrected chi connectivity index (χ2v) is 25.2. The summed E-state index contributed by atoms with van der Waals surface area (Å²) in [5.74, 6) is -0.895. The van der Waals surface area contributed by atoms with Crippen molar-refractivity contribution < 1.29 is 27.8 Å². The standard InChI is InChI=1S/C47H56ClN8O7PS2/c1-47(2)14-12-34(41(27-47)32-4-6-35(48)7-5-32)29-53-16-18-55(19-17-53)37-8-10-40(44(25-37)65-38-24-33-13-15-49-45(33)50-28-38)46(58)52-66(62,63)39-9-11-42(43(26-39)56(59)60)51-36(31-57)30-54-20-22-64(3,61)23-21-54/h4-11,13,15,24-26,28,36,51,57H,12,14,16-23,27,29-31H2,1-3H3,(H,49,50)(H,52,58). The highest BCUT2D eigenvalue weighted by Gasteiger charge is 2.31. The molecule has 3 aromatic carbocycles. The number of allylic oxidation sites excluding steroid dienone is 1. The van der Waals surface area contributed by atoms with E-state index in [1.54, 1.807) is 25.1 Å². The number of sulfonamides is 1. The number of rotatable bonds is 15. The summed E-state index contributed by atoms with van der Waals surface area (Å²) in [6, 6.07) is 20.1. The molecule has 1 unspecified atom stereocenters. The zero-order chi connectivity index (χ0) is 46.8. The van der Waals surface area contributed by atoms with E-state index in [-0.39, 0.29) is 23.3 Å². The summed E-state index contributed by atoms with van der Waals surface area (Å²) in [4.78, 5) is 40.8. The van der Waals surface area contributed by atoms with Gasteiger partial charge in [-0.1, -0.05) is 54.9 Å². The Balaban J connectivity index is 0.993. The molecule has 19 heteroatoms. The van der Waals surface area contributed by atoms with Gasteiger partial charge in [-0.2, -0.15) is 0 Å². The van der Waals surface area contributed by atoms with E-state index in [1.807, 2.05) is 41.3 Å². The van der Waals surface area contributed by atoms with Crippen molar-refractivity contribution in [1.82, 2.24) is 24.5 Å². The van der Waals surface area contributed by atoms with E-state index < -0.39 is 44.6 Å². The van der Waals surface area contributed by atoms with Gasteiger partial charge in [0.25, 0.3) is 21.6 Å². The first-order chi connectivity index (χ1) is 31.4. The highest BCUT2D eigenvalue weighted by molar-refractivity contribution is 7.99. The molecule has 15 nitrogen and oxygen atoms in total. The van der Waals surface area contributed by atoms with Crippen LogP contribution in [0, 0.1) is 15.5 Å². The Hall–Kier alpha value is -4.74. The second-order valence-electron chi connectivity index (χ2n) is 18.5. The Morgan fingerprint density at radius 1 is 1.02 bits per heavy atom. The van der Waals surface area contributed by atoms with Gasteiger partial charge in [0.05, 0.1) is 35.2 Å². The molecular weight excluding hydrogens is 919 g/mol. The molecule has 0 saturated carbocycles. The number of carbonyl (C=O) groups excluding carboxylic acids is 1. The Morgan fingerprint density at radius 3 is 2.47 bits per heavy atom. The molecule has 1 atom stereocenters. The molecule has 0 bridgehead atoms. The van der Waals surface area contributed by atoms with Crippen LogP contribution in [-0.2, 0) is 14.6 Å². The molecule has 3 aliphatic rings. The van der Waals surface area contributed by atoms with Crippen LogP contribution in [-0.4, -0.2) is 128 Å². The molecule has 2 aliphatic heterocycles. The smallest absolute Gasteiger partial charge is 0.293 e. The van der Waals surface area contributed by atoms with Crippen LogP contribution in [0.1, 0.15) is 49.0 Å². The monoisotopic (exact) mass is 974 g/mol. The van der Waals surface area contributed by atoms with Gasteiger partial charge >= 0.3 is 0 Å². The van der Waals surface area contributed by atoms with E-state index in [0.717, 1.165) is 79.0 Å². The number of nitro groups is 1.